The Hall–Kier alpha value is -2.90. The van der Waals surface area contributed by atoms with Crippen LogP contribution in [0.25, 0.3) is 0 Å². The summed E-state index contributed by atoms with van der Waals surface area (Å²) in [6, 6.07) is 10.7. The highest BCUT2D eigenvalue weighted by Gasteiger charge is 2.29. The highest BCUT2D eigenvalue weighted by molar-refractivity contribution is 5.89. The number of rotatable bonds is 6. The van der Waals surface area contributed by atoms with Crippen LogP contribution in [-0.4, -0.2) is 26.3 Å². The predicted molar refractivity (Wildman–Crippen MR) is 87.0 cm³/mol. The lowest BCUT2D eigenvalue weighted by molar-refractivity contribution is -0.137. The van der Waals surface area contributed by atoms with Crippen molar-refractivity contribution >= 4 is 11.7 Å². The van der Waals surface area contributed by atoms with Crippen LogP contribution in [0.5, 0.6) is 11.5 Å². The molecule has 0 aromatic heterocycles. The number of nitrogens with one attached hydrogen (secondary N) is 2. The minimum Gasteiger partial charge on any atom is -0.493 e. The molecule has 0 saturated heterocycles. The zero-order valence-corrected chi connectivity index (χ0v) is 13.4. The lowest BCUT2D eigenvalue weighted by Crippen LogP contribution is -2.32. The van der Waals surface area contributed by atoms with Crippen molar-refractivity contribution in [3.05, 3.63) is 54.1 Å². The normalized spacial score (nSPS) is 10.9. The molecule has 8 heteroatoms. The van der Waals surface area contributed by atoms with Gasteiger partial charge in [-0.1, -0.05) is 12.1 Å². The molecule has 134 valence electrons. The van der Waals surface area contributed by atoms with E-state index < -0.39 is 17.8 Å². The molecule has 2 aromatic rings. The molecule has 0 heterocycles. The van der Waals surface area contributed by atoms with Crippen molar-refractivity contribution in [2.24, 2.45) is 0 Å². The molecule has 0 bridgehead atoms. The van der Waals surface area contributed by atoms with Gasteiger partial charge in [0.05, 0.1) is 19.2 Å². The molecule has 0 atom stereocenters. The van der Waals surface area contributed by atoms with E-state index in [4.69, 9.17) is 9.47 Å². The maximum atomic E-state index is 12.5. The minimum absolute atomic E-state index is 0.209. The number of benzene rings is 2. The summed E-state index contributed by atoms with van der Waals surface area (Å²) >= 11 is 0. The van der Waals surface area contributed by atoms with E-state index in [1.54, 1.807) is 24.3 Å². The summed E-state index contributed by atoms with van der Waals surface area (Å²) < 4.78 is 48.0. The van der Waals surface area contributed by atoms with Crippen LogP contribution >= 0.6 is 0 Å². The molecule has 0 aliphatic rings. The highest BCUT2D eigenvalue weighted by atomic mass is 19.4. The first-order chi connectivity index (χ1) is 11.9. The Morgan fingerprint density at radius 2 is 1.68 bits per heavy atom. The maximum absolute atomic E-state index is 12.5. The SMILES string of the molecule is COc1ccccc1OCCNC(=O)Nc1ccc(C(F)(F)F)cc1. The molecular formula is C17H17F3N2O3. The average Bonchev–Trinajstić information content (AvgIpc) is 2.58. The fourth-order valence-corrected chi connectivity index (χ4v) is 1.98. The average molecular weight is 354 g/mol. The van der Waals surface area contributed by atoms with Gasteiger partial charge in [0.15, 0.2) is 11.5 Å². The second-order valence-corrected chi connectivity index (χ2v) is 4.96. The van der Waals surface area contributed by atoms with Crippen LogP contribution < -0.4 is 20.1 Å². The van der Waals surface area contributed by atoms with Gasteiger partial charge < -0.3 is 20.1 Å². The van der Waals surface area contributed by atoms with E-state index in [1.165, 1.54) is 19.2 Å². The van der Waals surface area contributed by atoms with Crippen LogP contribution in [0.4, 0.5) is 23.7 Å². The lowest BCUT2D eigenvalue weighted by atomic mass is 10.2. The summed E-state index contributed by atoms with van der Waals surface area (Å²) in [6.45, 7) is 0.422. The van der Waals surface area contributed by atoms with Gasteiger partial charge in [-0.2, -0.15) is 13.2 Å². The molecule has 2 rings (SSSR count). The van der Waals surface area contributed by atoms with Gasteiger partial charge in [-0.05, 0) is 36.4 Å². The first kappa shape index (κ1) is 18.4. The number of carbonyl (C=O) groups excluding carboxylic acids is 1. The van der Waals surface area contributed by atoms with Crippen LogP contribution in [0.3, 0.4) is 0 Å². The van der Waals surface area contributed by atoms with Gasteiger partial charge in [-0.25, -0.2) is 4.79 Å². The molecule has 2 amide bonds. The number of methoxy groups -OCH3 is 1. The Morgan fingerprint density at radius 3 is 2.28 bits per heavy atom. The van der Waals surface area contributed by atoms with Gasteiger partial charge in [0.25, 0.3) is 0 Å². The Bertz CT molecular complexity index is 703. The summed E-state index contributed by atoms with van der Waals surface area (Å²) in [5.74, 6) is 1.13. The highest BCUT2D eigenvalue weighted by Crippen LogP contribution is 2.29. The van der Waals surface area contributed by atoms with E-state index in [1.807, 2.05) is 0 Å². The van der Waals surface area contributed by atoms with Gasteiger partial charge in [-0.15, -0.1) is 0 Å². The molecule has 25 heavy (non-hydrogen) atoms. The van der Waals surface area contributed by atoms with E-state index in [2.05, 4.69) is 10.6 Å². The van der Waals surface area contributed by atoms with E-state index in [0.29, 0.717) is 11.5 Å². The van der Waals surface area contributed by atoms with Crippen molar-refractivity contribution in [1.29, 1.82) is 0 Å². The Balaban J connectivity index is 1.75. The Morgan fingerprint density at radius 1 is 1.04 bits per heavy atom. The van der Waals surface area contributed by atoms with E-state index in [9.17, 15) is 18.0 Å². The second kappa shape index (κ2) is 8.27. The zero-order valence-electron chi connectivity index (χ0n) is 13.4. The van der Waals surface area contributed by atoms with Crippen molar-refractivity contribution < 1.29 is 27.4 Å². The number of anilines is 1. The number of alkyl halides is 3. The fraction of sp³-hybridized carbons (Fsp3) is 0.235. The first-order valence-electron chi connectivity index (χ1n) is 7.38. The van der Waals surface area contributed by atoms with Gasteiger partial charge in [0.2, 0.25) is 0 Å². The number of hydrogen-bond acceptors (Lipinski definition) is 3. The molecule has 5 nitrogen and oxygen atoms in total. The lowest BCUT2D eigenvalue weighted by Gasteiger charge is -2.12. The molecule has 0 aliphatic heterocycles. The van der Waals surface area contributed by atoms with Crippen molar-refractivity contribution in [3.8, 4) is 11.5 Å². The van der Waals surface area contributed by atoms with Crippen molar-refractivity contribution in [1.82, 2.24) is 5.32 Å². The number of halogens is 3. The summed E-state index contributed by atoms with van der Waals surface area (Å²) in [6.07, 6.45) is -4.41. The molecule has 2 aromatic carbocycles. The molecule has 0 unspecified atom stereocenters. The van der Waals surface area contributed by atoms with E-state index >= 15 is 0 Å². The molecular weight excluding hydrogens is 337 g/mol. The van der Waals surface area contributed by atoms with Crippen LogP contribution in [0.1, 0.15) is 5.56 Å². The summed E-state index contributed by atoms with van der Waals surface area (Å²) in [7, 11) is 1.53. The maximum Gasteiger partial charge on any atom is 0.416 e. The Kier molecular flexibility index (Phi) is 6.10. The third-order valence-corrected chi connectivity index (χ3v) is 3.18. The number of para-hydroxylation sites is 2. The number of urea groups is 1. The zero-order chi connectivity index (χ0) is 18.3. The number of hydrogen-bond donors (Lipinski definition) is 2. The number of ether oxygens (including phenoxy) is 2. The molecule has 0 fully saturated rings. The van der Waals surface area contributed by atoms with Gasteiger partial charge in [-0.3, -0.25) is 0 Å². The standard InChI is InChI=1S/C17H17F3N2O3/c1-24-14-4-2-3-5-15(14)25-11-10-21-16(23)22-13-8-6-12(7-9-13)17(18,19)20/h2-9H,10-11H2,1H3,(H2,21,22,23). The second-order valence-electron chi connectivity index (χ2n) is 4.96. The predicted octanol–water partition coefficient (Wildman–Crippen LogP) is 3.91. The van der Waals surface area contributed by atoms with Crippen LogP contribution in [0, 0.1) is 0 Å². The van der Waals surface area contributed by atoms with Crippen LogP contribution in [0.2, 0.25) is 0 Å². The first-order valence-corrected chi connectivity index (χ1v) is 7.38. The van der Waals surface area contributed by atoms with Crippen LogP contribution in [0.15, 0.2) is 48.5 Å². The summed E-state index contributed by atoms with van der Waals surface area (Å²) in [5, 5.41) is 4.99. The van der Waals surface area contributed by atoms with Gasteiger partial charge >= 0.3 is 12.2 Å². The summed E-state index contributed by atoms with van der Waals surface area (Å²) in [4.78, 5) is 11.7. The van der Waals surface area contributed by atoms with Crippen molar-refractivity contribution in [2.75, 3.05) is 25.6 Å². The number of carbonyl (C=O) groups is 1. The molecule has 2 N–H and O–H groups in total. The Labute approximate surface area is 142 Å². The molecule has 0 spiro atoms. The summed E-state index contributed by atoms with van der Waals surface area (Å²) in [5.41, 5.74) is -0.514. The third kappa shape index (κ3) is 5.59. The van der Waals surface area contributed by atoms with Crippen LogP contribution in [-0.2, 0) is 6.18 Å². The minimum atomic E-state index is -4.41. The number of amides is 2. The fourth-order valence-electron chi connectivity index (χ4n) is 1.98. The molecule has 0 saturated carbocycles. The van der Waals surface area contributed by atoms with E-state index in [0.717, 1.165) is 12.1 Å². The van der Waals surface area contributed by atoms with E-state index in [-0.39, 0.29) is 18.8 Å². The van der Waals surface area contributed by atoms with Crippen molar-refractivity contribution in [2.45, 2.75) is 6.18 Å². The molecule has 0 radical (unpaired) electrons. The smallest absolute Gasteiger partial charge is 0.416 e. The topological polar surface area (TPSA) is 59.6 Å². The largest absolute Gasteiger partial charge is 0.493 e. The third-order valence-electron chi connectivity index (χ3n) is 3.18. The van der Waals surface area contributed by atoms with Gasteiger partial charge in [0, 0.05) is 5.69 Å². The van der Waals surface area contributed by atoms with Gasteiger partial charge in [0.1, 0.15) is 6.61 Å². The monoisotopic (exact) mass is 354 g/mol. The molecule has 0 aliphatic carbocycles. The van der Waals surface area contributed by atoms with Crippen molar-refractivity contribution in [3.63, 3.8) is 0 Å². The quantitative estimate of drug-likeness (QED) is 0.773.